The van der Waals surface area contributed by atoms with Crippen LogP contribution in [0.2, 0.25) is 0 Å². The smallest absolute Gasteiger partial charge is 0.291 e. The van der Waals surface area contributed by atoms with Gasteiger partial charge in [-0.3, -0.25) is 24.1 Å². The van der Waals surface area contributed by atoms with Gasteiger partial charge in [0.2, 0.25) is 5.78 Å². The van der Waals surface area contributed by atoms with E-state index in [9.17, 15) is 44.7 Å². The highest BCUT2D eigenvalue weighted by molar-refractivity contribution is 9.18. The first-order valence-electron chi connectivity index (χ1n) is 10.8. The van der Waals surface area contributed by atoms with Crippen LogP contribution in [0.25, 0.3) is 5.76 Å². The summed E-state index contributed by atoms with van der Waals surface area (Å²) < 4.78 is 0. The van der Waals surface area contributed by atoms with Crippen molar-refractivity contribution in [3.63, 3.8) is 0 Å². The van der Waals surface area contributed by atoms with Crippen LogP contribution in [0, 0.1) is 11.8 Å². The maximum absolute atomic E-state index is 13.8. The van der Waals surface area contributed by atoms with Crippen LogP contribution in [0.1, 0.15) is 24.0 Å². The Labute approximate surface area is 212 Å². The number of benzene rings is 1. The Balaban J connectivity index is 2.04. The van der Waals surface area contributed by atoms with E-state index in [4.69, 9.17) is 5.73 Å². The third-order valence-corrected chi connectivity index (χ3v) is 7.56. The molecule has 2 amide bonds. The number of fused-ring (bicyclic) bond motifs is 3. The van der Waals surface area contributed by atoms with Crippen LogP contribution in [0.3, 0.4) is 0 Å². The molecule has 1 aromatic carbocycles. The van der Waals surface area contributed by atoms with Crippen molar-refractivity contribution in [2.24, 2.45) is 17.6 Å². The molecular weight excluding hydrogens is 542 g/mol. The van der Waals surface area contributed by atoms with E-state index in [1.165, 1.54) is 31.1 Å². The van der Waals surface area contributed by atoms with Crippen LogP contribution in [0.4, 0.5) is 10.5 Å². The molecule has 0 saturated heterocycles. The van der Waals surface area contributed by atoms with E-state index in [0.717, 1.165) is 0 Å². The van der Waals surface area contributed by atoms with Gasteiger partial charge in [-0.1, -0.05) is 13.0 Å². The molecule has 0 spiro atoms. The standard InChI is InChI=1S/C23H24BrN3O9/c1-6-7-4-5-8(26-22(24)35)15(28)10(7)16(29)11-9(6)17(30)13-14(27(2)3)18(31)12(21(25)34)20(33)23(13,36)19(11)32/h4-6,9,13-14,17,28-30,33,36H,1-3H3,(H2,25,34)(H,26,35). The van der Waals surface area contributed by atoms with Crippen molar-refractivity contribution >= 4 is 49.7 Å². The largest absolute Gasteiger partial charge is 0.508 e. The van der Waals surface area contributed by atoms with Gasteiger partial charge in [-0.2, -0.15) is 0 Å². The van der Waals surface area contributed by atoms with E-state index in [0.29, 0.717) is 5.56 Å². The van der Waals surface area contributed by atoms with Crippen LogP contribution in [-0.4, -0.2) is 84.6 Å². The number of rotatable bonds is 3. The number of phenols is 1. The molecule has 1 aromatic rings. The van der Waals surface area contributed by atoms with Gasteiger partial charge in [0.1, 0.15) is 22.8 Å². The van der Waals surface area contributed by atoms with E-state index in [1.54, 1.807) is 6.92 Å². The second-order valence-corrected chi connectivity index (χ2v) is 10.1. The minimum Gasteiger partial charge on any atom is -0.508 e. The molecule has 36 heavy (non-hydrogen) atoms. The average Bonchev–Trinajstić information content (AvgIpc) is 2.77. The number of likely N-dealkylation sites (N-methyl/N-ethyl adjacent to an activating group) is 1. The van der Waals surface area contributed by atoms with Gasteiger partial charge in [-0.05, 0) is 31.6 Å². The summed E-state index contributed by atoms with van der Waals surface area (Å²) >= 11 is 2.67. The summed E-state index contributed by atoms with van der Waals surface area (Å²) in [6.45, 7) is 1.61. The lowest BCUT2D eigenvalue weighted by Crippen LogP contribution is -2.70. The van der Waals surface area contributed by atoms with Crippen LogP contribution in [-0.2, 0) is 14.4 Å². The molecule has 0 bridgehead atoms. The van der Waals surface area contributed by atoms with Crippen molar-refractivity contribution in [1.82, 2.24) is 4.90 Å². The molecule has 3 aliphatic carbocycles. The number of carbonyl (C=O) groups excluding carboxylic acids is 4. The van der Waals surface area contributed by atoms with Gasteiger partial charge in [-0.15, -0.1) is 0 Å². The number of primary amides is 1. The van der Waals surface area contributed by atoms with Gasteiger partial charge in [0.15, 0.2) is 11.4 Å². The summed E-state index contributed by atoms with van der Waals surface area (Å²) in [6, 6.07) is 1.44. The maximum Gasteiger partial charge on any atom is 0.291 e. The zero-order valence-corrected chi connectivity index (χ0v) is 20.9. The highest BCUT2D eigenvalue weighted by atomic mass is 79.9. The number of aliphatic hydroxyl groups is 4. The van der Waals surface area contributed by atoms with E-state index in [1.807, 2.05) is 0 Å². The lowest BCUT2D eigenvalue weighted by Gasteiger charge is -2.53. The Morgan fingerprint density at radius 2 is 1.78 bits per heavy atom. The van der Waals surface area contributed by atoms with Gasteiger partial charge >= 0.3 is 0 Å². The van der Waals surface area contributed by atoms with Gasteiger partial charge in [0.05, 0.1) is 29.3 Å². The number of ketones is 2. The molecule has 1 saturated carbocycles. The molecule has 6 atom stereocenters. The molecule has 4 rings (SSSR count). The Kier molecular flexibility index (Phi) is 6.03. The van der Waals surface area contributed by atoms with E-state index in [2.05, 4.69) is 21.2 Å². The molecule has 0 radical (unpaired) electrons. The molecule has 3 aliphatic rings. The number of nitrogens with two attached hydrogens (primary N) is 1. The van der Waals surface area contributed by atoms with E-state index >= 15 is 0 Å². The first kappa shape index (κ1) is 25.8. The minimum atomic E-state index is -2.99. The van der Waals surface area contributed by atoms with Crippen LogP contribution in [0.15, 0.2) is 29.0 Å². The maximum atomic E-state index is 13.8. The monoisotopic (exact) mass is 565 g/mol. The van der Waals surface area contributed by atoms with Gasteiger partial charge < -0.3 is 36.6 Å². The number of carbonyl (C=O) groups is 4. The zero-order chi connectivity index (χ0) is 27.0. The summed E-state index contributed by atoms with van der Waals surface area (Å²) in [4.78, 5) is 51.0. The van der Waals surface area contributed by atoms with Gasteiger partial charge in [0, 0.05) is 27.4 Å². The number of aliphatic hydroxyl groups excluding tert-OH is 3. The van der Waals surface area contributed by atoms with Crippen molar-refractivity contribution in [2.45, 2.75) is 30.6 Å². The number of phenolic OH excluding ortho intramolecular Hbond substituents is 1. The van der Waals surface area contributed by atoms with E-state index < -0.39 is 86.2 Å². The SMILES string of the molecule is CC1c2ccc(NC(=O)Br)c(O)c2C(O)=C2C(=O)C3(O)C(O)=C(C(N)=O)C(=O)C(N(C)C)C3C(O)C21. The lowest BCUT2D eigenvalue weighted by atomic mass is 9.54. The number of hydrogen-bond donors (Lipinski definition) is 7. The van der Waals surface area contributed by atoms with Crippen LogP contribution >= 0.6 is 15.9 Å². The number of anilines is 1. The fraction of sp³-hybridized carbons (Fsp3) is 0.391. The Bertz CT molecular complexity index is 1300. The number of aromatic hydroxyl groups is 1. The molecule has 0 aromatic heterocycles. The molecule has 192 valence electrons. The van der Waals surface area contributed by atoms with Gasteiger partial charge in [-0.25, -0.2) is 0 Å². The predicted octanol–water partition coefficient (Wildman–Crippen LogP) is 0.423. The quantitative estimate of drug-likeness (QED) is 0.116. The highest BCUT2D eigenvalue weighted by Gasteiger charge is 2.68. The lowest BCUT2D eigenvalue weighted by molar-refractivity contribution is -0.169. The molecule has 0 heterocycles. The molecule has 0 aliphatic heterocycles. The fourth-order valence-corrected chi connectivity index (χ4v) is 6.04. The number of halogens is 1. The van der Waals surface area contributed by atoms with E-state index in [-0.39, 0.29) is 11.3 Å². The third-order valence-electron chi connectivity index (χ3n) is 7.36. The van der Waals surface area contributed by atoms with Crippen molar-refractivity contribution in [3.05, 3.63) is 40.2 Å². The topological polar surface area (TPSA) is 211 Å². The second-order valence-electron chi connectivity index (χ2n) is 9.37. The predicted molar refractivity (Wildman–Crippen MR) is 128 cm³/mol. The molecule has 12 nitrogen and oxygen atoms in total. The highest BCUT2D eigenvalue weighted by Crippen LogP contribution is 2.56. The minimum absolute atomic E-state index is 0.0940. The van der Waals surface area contributed by atoms with Crippen molar-refractivity contribution < 1.29 is 44.7 Å². The second kappa shape index (κ2) is 8.40. The molecule has 1 fully saturated rings. The molecule has 6 unspecified atom stereocenters. The van der Waals surface area contributed by atoms with Crippen LogP contribution in [0.5, 0.6) is 5.75 Å². The number of Topliss-reactive ketones (excluding diaryl/α,β-unsaturated/α-hetero) is 2. The summed E-state index contributed by atoms with van der Waals surface area (Å²) in [7, 11) is 2.86. The van der Waals surface area contributed by atoms with Crippen LogP contribution < -0.4 is 11.1 Å². The molecule has 8 N–H and O–H groups in total. The first-order valence-corrected chi connectivity index (χ1v) is 11.6. The van der Waals surface area contributed by atoms with Crippen molar-refractivity contribution in [2.75, 3.05) is 19.4 Å². The van der Waals surface area contributed by atoms with Crippen molar-refractivity contribution in [3.8, 4) is 5.75 Å². The normalized spacial score (nSPS) is 31.7. The fourth-order valence-electron chi connectivity index (χ4n) is 5.82. The summed E-state index contributed by atoms with van der Waals surface area (Å²) in [5.74, 6) is -9.82. The Morgan fingerprint density at radius 1 is 1.17 bits per heavy atom. The zero-order valence-electron chi connectivity index (χ0n) is 19.3. The van der Waals surface area contributed by atoms with Gasteiger partial charge in [0.25, 0.3) is 10.7 Å². The molecular formula is C23H24BrN3O9. The van der Waals surface area contributed by atoms with Crippen molar-refractivity contribution in [1.29, 1.82) is 0 Å². The summed E-state index contributed by atoms with van der Waals surface area (Å²) in [6.07, 6.45) is -1.68. The third kappa shape index (κ3) is 3.23. The number of amides is 2. The number of nitrogens with zero attached hydrogens (tertiary/aromatic N) is 1. The Hall–Kier alpha value is -3.26. The molecule has 13 heteroatoms. The number of hydrogen-bond acceptors (Lipinski definition) is 10. The average molecular weight is 566 g/mol. The number of nitrogens with one attached hydrogen (secondary N) is 1. The summed E-state index contributed by atoms with van der Waals surface area (Å²) in [5.41, 5.74) is 0.807. The summed E-state index contributed by atoms with van der Waals surface area (Å²) in [5, 5.41) is 58.2. The first-order chi connectivity index (χ1) is 16.7. The Morgan fingerprint density at radius 3 is 2.31 bits per heavy atom.